The molecule has 0 saturated carbocycles. The summed E-state index contributed by atoms with van der Waals surface area (Å²) in [4.78, 5) is 12.7. The molecule has 0 saturated heterocycles. The molecule has 0 bridgehead atoms. The Morgan fingerprint density at radius 3 is 1.83 bits per heavy atom. The van der Waals surface area contributed by atoms with E-state index in [1.165, 1.54) is 12.1 Å². The summed E-state index contributed by atoms with van der Waals surface area (Å²) in [6.07, 6.45) is 0. The van der Waals surface area contributed by atoms with Gasteiger partial charge < -0.3 is 10.0 Å². The van der Waals surface area contributed by atoms with Crippen LogP contribution >= 0.6 is 0 Å². The van der Waals surface area contributed by atoms with Gasteiger partial charge in [-0.1, -0.05) is 0 Å². The van der Waals surface area contributed by atoms with E-state index in [1.54, 1.807) is 16.9 Å². The predicted molar refractivity (Wildman–Crippen MR) is 110 cm³/mol. The number of rotatable bonds is 9. The van der Waals surface area contributed by atoms with Gasteiger partial charge in [0.05, 0.1) is 16.3 Å². The summed E-state index contributed by atoms with van der Waals surface area (Å²) in [6, 6.07) is 10.2. The lowest BCUT2D eigenvalue weighted by Crippen LogP contribution is -2.45. The Hall–Kier alpha value is -2.87. The van der Waals surface area contributed by atoms with Gasteiger partial charge in [-0.05, 0) is 48.5 Å². The van der Waals surface area contributed by atoms with Crippen LogP contribution in [0.1, 0.15) is 0 Å². The van der Waals surface area contributed by atoms with Crippen LogP contribution in [0.4, 0.5) is 17.1 Å². The van der Waals surface area contributed by atoms with Crippen molar-refractivity contribution in [2.45, 2.75) is 10.9 Å². The highest BCUT2D eigenvalue weighted by Crippen LogP contribution is 2.22. The minimum atomic E-state index is -4.71. The molecule has 0 spiro atoms. The van der Waals surface area contributed by atoms with Crippen LogP contribution in [0.5, 0.6) is 0 Å². The first-order chi connectivity index (χ1) is 13.9. The van der Waals surface area contributed by atoms with Crippen LogP contribution in [0.25, 0.3) is 0 Å². The van der Waals surface area contributed by atoms with E-state index >= 15 is 0 Å². The van der Waals surface area contributed by atoms with E-state index < -0.39 is 37.9 Å². The summed E-state index contributed by atoms with van der Waals surface area (Å²) in [5.74, 6) is -3.05. The first-order valence-corrected chi connectivity index (χ1v) is 11.5. The molecule has 2 aromatic carbocycles. The van der Waals surface area contributed by atoms with E-state index in [2.05, 4.69) is 10.2 Å². The fraction of sp³-hybridized carbons (Fsp3) is 0.235. The fourth-order valence-corrected chi connectivity index (χ4v) is 4.19. The number of carboxylic acid groups (broad SMARTS) is 1. The largest absolute Gasteiger partial charge is 0.480 e. The van der Waals surface area contributed by atoms with Crippen LogP contribution in [0, 0.1) is 0 Å². The Balaban J connectivity index is 2.14. The second kappa shape index (κ2) is 9.30. The molecule has 3 N–H and O–H groups in total. The molecular weight excluding hydrogens is 436 g/mol. The molecule has 0 aliphatic rings. The van der Waals surface area contributed by atoms with E-state index in [9.17, 15) is 21.6 Å². The monoisotopic (exact) mass is 456 g/mol. The average molecular weight is 457 g/mol. The van der Waals surface area contributed by atoms with Gasteiger partial charge in [-0.25, -0.2) is 8.42 Å². The maximum Gasteiger partial charge on any atom is 0.322 e. The van der Waals surface area contributed by atoms with Gasteiger partial charge in [0.25, 0.3) is 10.1 Å². The number of hydrogen-bond donors (Lipinski definition) is 3. The van der Waals surface area contributed by atoms with Gasteiger partial charge in [0.1, 0.15) is 11.8 Å². The van der Waals surface area contributed by atoms with Crippen molar-refractivity contribution in [3.05, 3.63) is 48.5 Å². The number of carbonyl (C=O) groups is 1. The molecule has 1 atom stereocenters. The van der Waals surface area contributed by atoms with Crippen molar-refractivity contribution in [2.75, 3.05) is 24.7 Å². The van der Waals surface area contributed by atoms with Gasteiger partial charge >= 0.3 is 5.97 Å². The summed E-state index contributed by atoms with van der Waals surface area (Å²) < 4.78 is 56.9. The highest BCUT2D eigenvalue weighted by atomic mass is 32.2. The number of sulfonamides is 1. The summed E-state index contributed by atoms with van der Waals surface area (Å²) in [5.41, 5.74) is 1.93. The van der Waals surface area contributed by atoms with Gasteiger partial charge in [0.2, 0.25) is 10.0 Å². The number of aliphatic carboxylic acids is 1. The van der Waals surface area contributed by atoms with E-state index in [0.717, 1.165) is 17.8 Å². The summed E-state index contributed by atoms with van der Waals surface area (Å²) in [6.45, 7) is 0. The van der Waals surface area contributed by atoms with Crippen molar-refractivity contribution in [1.29, 1.82) is 0 Å². The van der Waals surface area contributed by atoms with Crippen molar-refractivity contribution in [1.82, 2.24) is 4.72 Å². The van der Waals surface area contributed by atoms with Gasteiger partial charge in [0, 0.05) is 19.8 Å². The number of nitrogens with one attached hydrogen (secondary N) is 1. The minimum Gasteiger partial charge on any atom is -0.480 e. The molecule has 0 radical (unpaired) electrons. The molecule has 0 aliphatic carbocycles. The molecule has 11 nitrogen and oxygen atoms in total. The summed E-state index contributed by atoms with van der Waals surface area (Å²) in [7, 11) is -5.26. The zero-order valence-corrected chi connectivity index (χ0v) is 17.6. The van der Waals surface area contributed by atoms with Crippen LogP contribution in [-0.2, 0) is 24.9 Å². The standard InChI is InChI=1S/C17H20N4O7S2/c1-21(2)14-7-3-12(4-8-14)18-19-13-5-9-15(10-6-13)30(27,28)20-16(17(22)23)11-29(24,25)26/h3-10,16,20H,11H2,1-2H3,(H,22,23)(H,24,25,26)/t16-/m0/s1. The van der Waals surface area contributed by atoms with Gasteiger partial charge in [-0.3, -0.25) is 9.35 Å². The van der Waals surface area contributed by atoms with E-state index in [0.29, 0.717) is 11.4 Å². The van der Waals surface area contributed by atoms with Crippen LogP contribution in [0.2, 0.25) is 0 Å². The quantitative estimate of drug-likeness (QED) is 0.379. The molecule has 13 heteroatoms. The Labute approximate surface area is 173 Å². The molecule has 2 aromatic rings. The van der Waals surface area contributed by atoms with Gasteiger partial charge in [-0.2, -0.15) is 23.4 Å². The number of nitrogens with zero attached hydrogens (tertiary/aromatic N) is 3. The summed E-state index contributed by atoms with van der Waals surface area (Å²) >= 11 is 0. The van der Waals surface area contributed by atoms with Crippen LogP contribution in [0.15, 0.2) is 63.7 Å². The lowest BCUT2D eigenvalue weighted by molar-refractivity contribution is -0.138. The van der Waals surface area contributed by atoms with Crippen molar-refractivity contribution >= 4 is 43.2 Å². The SMILES string of the molecule is CN(C)c1ccc(N=Nc2ccc(S(=O)(=O)N[C@@H](CS(=O)(=O)O)C(=O)O)cc2)cc1. The molecule has 162 valence electrons. The molecule has 0 unspecified atom stereocenters. The molecule has 0 fully saturated rings. The zero-order valence-electron chi connectivity index (χ0n) is 16.0. The Bertz CT molecular complexity index is 1130. The predicted octanol–water partition coefficient (Wildman–Crippen LogP) is 1.79. The maximum atomic E-state index is 12.3. The molecule has 0 aromatic heterocycles. The first kappa shape index (κ1) is 23.4. The van der Waals surface area contributed by atoms with E-state index in [1.807, 2.05) is 31.1 Å². The van der Waals surface area contributed by atoms with Crippen LogP contribution in [-0.4, -0.2) is 58.4 Å². The van der Waals surface area contributed by atoms with Crippen molar-refractivity contribution in [3.63, 3.8) is 0 Å². The topological polar surface area (TPSA) is 166 Å². The lowest BCUT2D eigenvalue weighted by atomic mass is 10.3. The van der Waals surface area contributed by atoms with Crippen LogP contribution in [0.3, 0.4) is 0 Å². The average Bonchev–Trinajstić information content (AvgIpc) is 2.65. The molecular formula is C17H20N4O7S2. The van der Waals surface area contributed by atoms with Crippen molar-refractivity contribution < 1.29 is 31.3 Å². The third kappa shape index (κ3) is 6.88. The maximum absolute atomic E-state index is 12.3. The second-order valence-electron chi connectivity index (χ2n) is 6.37. The Kier molecular flexibility index (Phi) is 7.25. The lowest BCUT2D eigenvalue weighted by Gasteiger charge is -2.13. The van der Waals surface area contributed by atoms with Crippen molar-refractivity contribution in [2.24, 2.45) is 10.2 Å². The first-order valence-electron chi connectivity index (χ1n) is 8.37. The van der Waals surface area contributed by atoms with Crippen LogP contribution < -0.4 is 9.62 Å². The smallest absolute Gasteiger partial charge is 0.322 e. The fourth-order valence-electron chi connectivity index (χ4n) is 2.25. The zero-order chi connectivity index (χ0) is 22.5. The van der Waals surface area contributed by atoms with E-state index in [-0.39, 0.29) is 4.90 Å². The molecule has 30 heavy (non-hydrogen) atoms. The Morgan fingerprint density at radius 1 is 0.967 bits per heavy atom. The second-order valence-corrected chi connectivity index (χ2v) is 9.58. The molecule has 0 aliphatic heterocycles. The van der Waals surface area contributed by atoms with Crippen molar-refractivity contribution in [3.8, 4) is 0 Å². The van der Waals surface area contributed by atoms with Gasteiger partial charge in [-0.15, -0.1) is 0 Å². The number of benzene rings is 2. The third-order valence-corrected chi connectivity index (χ3v) is 6.01. The third-order valence-electron chi connectivity index (χ3n) is 3.77. The Morgan fingerprint density at radius 2 is 1.43 bits per heavy atom. The molecule has 0 amide bonds. The minimum absolute atomic E-state index is 0.307. The number of carboxylic acids is 1. The van der Waals surface area contributed by atoms with Gasteiger partial charge in [0.15, 0.2) is 0 Å². The highest BCUT2D eigenvalue weighted by Gasteiger charge is 2.29. The highest BCUT2D eigenvalue weighted by molar-refractivity contribution is 7.89. The molecule has 2 rings (SSSR count). The normalized spacial score (nSPS) is 13.3. The number of hydrogen-bond acceptors (Lipinski definition) is 8. The number of azo groups is 1. The molecule has 0 heterocycles. The summed E-state index contributed by atoms with van der Waals surface area (Å²) in [5, 5.41) is 17.0. The van der Waals surface area contributed by atoms with E-state index in [4.69, 9.17) is 9.66 Å². The number of anilines is 1.